The van der Waals surface area contributed by atoms with Gasteiger partial charge in [-0.25, -0.2) is 22.8 Å². The van der Waals surface area contributed by atoms with Crippen LogP contribution < -0.4 is 10.0 Å². The van der Waals surface area contributed by atoms with Crippen molar-refractivity contribution in [1.29, 1.82) is 0 Å². The second-order valence-electron chi connectivity index (χ2n) is 10.8. The van der Waals surface area contributed by atoms with E-state index in [1.54, 1.807) is 37.0 Å². The third-order valence-electron chi connectivity index (χ3n) is 7.32. The SMILES string of the molecule is CN(C)CC(=O)N(C)[C@H]1C[C@@H](c2cccc(C(F)(F)F)c2)CC[C@@H]1Nc1cc(F)c(S(=O)(=O)Nc2ccncn2)cc1Cl.O=CO. The van der Waals surface area contributed by atoms with Crippen molar-refractivity contribution in [3.8, 4) is 0 Å². The Balaban J connectivity index is 0.00000185. The minimum Gasteiger partial charge on any atom is -0.483 e. The van der Waals surface area contributed by atoms with Gasteiger partial charge in [-0.2, -0.15) is 13.2 Å². The van der Waals surface area contributed by atoms with Crippen LogP contribution in [0.4, 0.5) is 29.1 Å². The molecule has 11 nitrogen and oxygen atoms in total. The van der Waals surface area contributed by atoms with Crippen LogP contribution in [0.15, 0.2) is 59.9 Å². The van der Waals surface area contributed by atoms with Crippen LogP contribution in [0.2, 0.25) is 5.02 Å². The highest BCUT2D eigenvalue weighted by Gasteiger charge is 2.37. The molecule has 1 aliphatic carbocycles. The van der Waals surface area contributed by atoms with E-state index in [4.69, 9.17) is 21.5 Å². The largest absolute Gasteiger partial charge is 0.483 e. The Kier molecular flexibility index (Phi) is 12.3. The number of carboxylic acid groups (broad SMARTS) is 1. The van der Waals surface area contributed by atoms with Crippen LogP contribution in [0.1, 0.15) is 36.3 Å². The fourth-order valence-corrected chi connectivity index (χ4v) is 6.55. The van der Waals surface area contributed by atoms with Gasteiger partial charge in [0.1, 0.15) is 22.9 Å². The van der Waals surface area contributed by atoms with E-state index in [0.717, 1.165) is 30.6 Å². The van der Waals surface area contributed by atoms with Crippen LogP contribution >= 0.6 is 11.6 Å². The number of alkyl halides is 3. The zero-order valence-electron chi connectivity index (χ0n) is 25.0. The summed E-state index contributed by atoms with van der Waals surface area (Å²) < 4.78 is 83.2. The molecule has 0 aliphatic heterocycles. The zero-order chi connectivity index (χ0) is 34.2. The molecular weight excluding hydrogens is 656 g/mol. The molecule has 1 fully saturated rings. The molecule has 250 valence electrons. The van der Waals surface area contributed by atoms with E-state index in [1.807, 2.05) is 0 Å². The monoisotopic (exact) mass is 688 g/mol. The number of carbonyl (C=O) groups is 2. The summed E-state index contributed by atoms with van der Waals surface area (Å²) in [5.41, 5.74) is -0.118. The second-order valence-corrected chi connectivity index (χ2v) is 12.8. The van der Waals surface area contributed by atoms with Crippen molar-refractivity contribution in [2.45, 2.75) is 48.3 Å². The Morgan fingerprint density at radius 3 is 2.46 bits per heavy atom. The Hall–Kier alpha value is -4.02. The second kappa shape index (κ2) is 15.5. The van der Waals surface area contributed by atoms with E-state index in [-0.39, 0.29) is 41.4 Å². The third kappa shape index (κ3) is 9.50. The topological polar surface area (TPSA) is 145 Å². The summed E-state index contributed by atoms with van der Waals surface area (Å²) >= 11 is 6.43. The number of nitrogens with zero attached hydrogens (tertiary/aromatic N) is 4. The molecule has 1 aromatic heterocycles. The Bertz CT molecular complexity index is 1620. The normalized spacial score (nSPS) is 18.2. The van der Waals surface area contributed by atoms with Crippen molar-refractivity contribution in [3.05, 3.63) is 77.0 Å². The Morgan fingerprint density at radius 1 is 1.15 bits per heavy atom. The number of hydrogen-bond donors (Lipinski definition) is 3. The van der Waals surface area contributed by atoms with Gasteiger partial charge in [0.05, 0.1) is 28.9 Å². The van der Waals surface area contributed by atoms with Crippen molar-refractivity contribution < 1.29 is 40.7 Å². The zero-order valence-corrected chi connectivity index (χ0v) is 26.6. The minimum atomic E-state index is -4.49. The average molecular weight is 689 g/mol. The summed E-state index contributed by atoms with van der Waals surface area (Å²) in [6, 6.07) is 7.46. The van der Waals surface area contributed by atoms with Crippen LogP contribution in [0, 0.1) is 5.82 Å². The number of aromatic nitrogens is 2. The molecule has 46 heavy (non-hydrogen) atoms. The lowest BCUT2D eigenvalue weighted by Gasteiger charge is -2.42. The number of carbonyl (C=O) groups excluding carboxylic acids is 1. The van der Waals surface area contributed by atoms with E-state index in [1.165, 1.54) is 18.3 Å². The lowest BCUT2D eigenvalue weighted by atomic mass is 9.77. The van der Waals surface area contributed by atoms with E-state index in [9.17, 15) is 26.4 Å². The number of hydrogen-bond acceptors (Lipinski definition) is 8. The number of likely N-dealkylation sites (N-methyl/N-ethyl adjacent to an activating group) is 2. The van der Waals surface area contributed by atoms with Gasteiger partial charge in [0, 0.05) is 19.3 Å². The van der Waals surface area contributed by atoms with E-state index in [2.05, 4.69) is 20.0 Å². The molecule has 1 saturated carbocycles. The van der Waals surface area contributed by atoms with Crippen LogP contribution in [-0.2, 0) is 25.8 Å². The van der Waals surface area contributed by atoms with Crippen molar-refractivity contribution in [1.82, 2.24) is 19.8 Å². The summed E-state index contributed by atoms with van der Waals surface area (Å²) in [7, 11) is 0.724. The van der Waals surface area contributed by atoms with E-state index in [0.29, 0.717) is 24.8 Å². The van der Waals surface area contributed by atoms with Crippen LogP contribution in [-0.4, -0.2) is 85.4 Å². The predicted octanol–water partition coefficient (Wildman–Crippen LogP) is 4.93. The molecule has 1 aliphatic rings. The van der Waals surface area contributed by atoms with Gasteiger partial charge in [-0.05, 0) is 69.1 Å². The first-order chi connectivity index (χ1) is 21.6. The number of amides is 1. The van der Waals surface area contributed by atoms with Gasteiger partial charge < -0.3 is 20.2 Å². The molecule has 3 aromatic rings. The van der Waals surface area contributed by atoms with Crippen molar-refractivity contribution in [2.24, 2.45) is 0 Å². The molecule has 0 spiro atoms. The van der Waals surface area contributed by atoms with Gasteiger partial charge in [-0.15, -0.1) is 0 Å². The van der Waals surface area contributed by atoms with Crippen LogP contribution in [0.3, 0.4) is 0 Å². The quantitative estimate of drug-likeness (QED) is 0.211. The van der Waals surface area contributed by atoms with Gasteiger partial charge in [-0.3, -0.25) is 14.3 Å². The molecule has 0 unspecified atom stereocenters. The van der Waals surface area contributed by atoms with Crippen LogP contribution in [0.25, 0.3) is 0 Å². The third-order valence-corrected chi connectivity index (χ3v) is 9.00. The fraction of sp³-hybridized carbons (Fsp3) is 0.379. The smallest absolute Gasteiger partial charge is 0.416 e. The molecular formula is C29H33ClF4N6O5S. The highest BCUT2D eigenvalue weighted by Crippen LogP contribution is 2.40. The number of halogens is 5. The summed E-state index contributed by atoms with van der Waals surface area (Å²) in [4.78, 5) is 31.4. The summed E-state index contributed by atoms with van der Waals surface area (Å²) in [6.07, 6.45) is -0.799. The molecule has 3 N–H and O–H groups in total. The molecule has 0 saturated heterocycles. The van der Waals surface area contributed by atoms with Crippen molar-refractivity contribution in [2.75, 3.05) is 37.7 Å². The lowest BCUT2D eigenvalue weighted by molar-refractivity contribution is -0.137. The van der Waals surface area contributed by atoms with Gasteiger partial charge >= 0.3 is 6.18 Å². The molecule has 2 aromatic carbocycles. The number of sulfonamides is 1. The predicted molar refractivity (Wildman–Crippen MR) is 164 cm³/mol. The molecule has 0 radical (unpaired) electrons. The standard InChI is InChI=1S/C28H31ClF4N6O3S.CH2O2/c1-38(2)15-27(40)39(3)24-12-18(17-5-4-6-19(11-17)28(31,32)33)7-8-22(24)36-23-14-21(30)25(13-20(23)29)43(41,42)37-26-9-10-34-16-35-26;2-1-3/h4-6,9-11,13-14,16,18,22,24,36H,7-8,12,15H2,1-3H3,(H,34,35,37);1H,(H,2,3)/t18-,22-,24-;/m0./s1. The van der Waals surface area contributed by atoms with Crippen molar-refractivity contribution in [3.63, 3.8) is 0 Å². The van der Waals surface area contributed by atoms with E-state index < -0.39 is 44.6 Å². The highest BCUT2D eigenvalue weighted by molar-refractivity contribution is 7.92. The summed E-state index contributed by atoms with van der Waals surface area (Å²) in [5.74, 6) is -1.60. The number of anilines is 2. The maximum atomic E-state index is 15.2. The number of nitrogens with one attached hydrogen (secondary N) is 2. The van der Waals surface area contributed by atoms with Gasteiger partial charge in [0.2, 0.25) is 5.91 Å². The van der Waals surface area contributed by atoms with Gasteiger partial charge in [0.25, 0.3) is 16.5 Å². The lowest BCUT2D eigenvalue weighted by Crippen LogP contribution is -2.52. The first kappa shape index (κ1) is 36.4. The fourth-order valence-electron chi connectivity index (χ4n) is 5.17. The first-order valence-electron chi connectivity index (χ1n) is 13.8. The maximum Gasteiger partial charge on any atom is 0.416 e. The summed E-state index contributed by atoms with van der Waals surface area (Å²) in [5, 5.41) is 9.98. The summed E-state index contributed by atoms with van der Waals surface area (Å²) in [6.45, 7) is -0.144. The van der Waals surface area contributed by atoms with Crippen LogP contribution in [0.5, 0.6) is 0 Å². The first-order valence-corrected chi connectivity index (χ1v) is 15.6. The maximum absolute atomic E-state index is 15.2. The molecule has 17 heteroatoms. The van der Waals surface area contributed by atoms with E-state index >= 15 is 4.39 Å². The molecule has 0 bridgehead atoms. The Labute approximate surface area is 268 Å². The highest BCUT2D eigenvalue weighted by atomic mass is 35.5. The molecule has 3 atom stereocenters. The molecule has 1 heterocycles. The number of benzene rings is 2. The average Bonchev–Trinajstić information content (AvgIpc) is 2.98. The molecule has 1 amide bonds. The Morgan fingerprint density at radius 2 is 1.85 bits per heavy atom. The van der Waals surface area contributed by atoms with Gasteiger partial charge in [-0.1, -0.05) is 29.8 Å². The number of rotatable bonds is 9. The van der Waals surface area contributed by atoms with Gasteiger partial charge in [0.15, 0.2) is 0 Å². The minimum absolute atomic E-state index is 0.0569. The van der Waals surface area contributed by atoms with Crippen molar-refractivity contribution >= 4 is 45.5 Å². The molecule has 4 rings (SSSR count).